The zero-order valence-electron chi connectivity index (χ0n) is 12.1. The van der Waals surface area contributed by atoms with E-state index in [0.29, 0.717) is 18.2 Å². The van der Waals surface area contributed by atoms with E-state index >= 15 is 0 Å². The summed E-state index contributed by atoms with van der Waals surface area (Å²) in [5.41, 5.74) is 6.11. The van der Waals surface area contributed by atoms with Crippen molar-refractivity contribution >= 4 is 16.7 Å². The minimum atomic E-state index is -4.45. The van der Waals surface area contributed by atoms with Crippen LogP contribution in [-0.2, 0) is 6.18 Å². The maximum atomic E-state index is 13.1. The Morgan fingerprint density at radius 2 is 1.82 bits per heavy atom. The maximum Gasteiger partial charge on any atom is 0.418 e. The number of aromatic nitrogens is 2. The van der Waals surface area contributed by atoms with Gasteiger partial charge in [-0.25, -0.2) is 0 Å². The molecule has 3 rings (SSSR count). The second-order valence-corrected chi connectivity index (χ2v) is 5.89. The third-order valence-corrected chi connectivity index (χ3v) is 3.94. The molecule has 1 aliphatic rings. The molecule has 0 radical (unpaired) electrons. The second kappa shape index (κ2) is 5.39. The minimum Gasteiger partial charge on any atom is -0.368 e. The van der Waals surface area contributed by atoms with Gasteiger partial charge in [-0.05, 0) is 24.5 Å². The monoisotopic (exact) mass is 310 g/mol. The molecule has 4 nitrogen and oxygen atoms in total. The van der Waals surface area contributed by atoms with E-state index in [4.69, 9.17) is 5.73 Å². The number of nitrogens with zero attached hydrogens (tertiary/aromatic N) is 3. The molecular formula is C15H17F3N4. The van der Waals surface area contributed by atoms with Gasteiger partial charge >= 0.3 is 6.18 Å². The summed E-state index contributed by atoms with van der Waals surface area (Å²) >= 11 is 0. The van der Waals surface area contributed by atoms with Crippen LogP contribution >= 0.6 is 0 Å². The molecule has 118 valence electrons. The molecule has 0 unspecified atom stereocenters. The van der Waals surface area contributed by atoms with Gasteiger partial charge in [0, 0.05) is 31.5 Å². The van der Waals surface area contributed by atoms with E-state index in [9.17, 15) is 13.2 Å². The van der Waals surface area contributed by atoms with E-state index in [1.807, 2.05) is 4.90 Å². The molecule has 1 fully saturated rings. The van der Waals surface area contributed by atoms with Crippen molar-refractivity contribution in [1.82, 2.24) is 9.97 Å². The zero-order valence-corrected chi connectivity index (χ0v) is 12.1. The lowest BCUT2D eigenvalue weighted by molar-refractivity contribution is -0.136. The van der Waals surface area contributed by atoms with Crippen LogP contribution < -0.4 is 10.6 Å². The summed E-state index contributed by atoms with van der Waals surface area (Å²) in [4.78, 5) is 10.0. The molecule has 1 aliphatic heterocycles. The standard InChI is InChI=1S/C15H17F3N4/c1-9-6-10(19)8-22(7-9)12-3-2-11(15(16,17)18)13-14(12)21-5-4-20-13/h2-5,9-10H,6-8,19H2,1H3/t9-,10+/m1/s1. The Morgan fingerprint density at radius 3 is 2.45 bits per heavy atom. The van der Waals surface area contributed by atoms with Crippen LogP contribution in [0.4, 0.5) is 18.9 Å². The average Bonchev–Trinajstić information content (AvgIpc) is 2.44. The van der Waals surface area contributed by atoms with E-state index in [0.717, 1.165) is 19.0 Å². The molecule has 1 saturated heterocycles. The van der Waals surface area contributed by atoms with Crippen molar-refractivity contribution in [3.05, 3.63) is 30.1 Å². The quantitative estimate of drug-likeness (QED) is 0.880. The highest BCUT2D eigenvalue weighted by molar-refractivity contribution is 5.90. The molecule has 1 aromatic carbocycles. The van der Waals surface area contributed by atoms with E-state index in [1.54, 1.807) is 0 Å². The topological polar surface area (TPSA) is 55.0 Å². The van der Waals surface area contributed by atoms with Gasteiger partial charge < -0.3 is 10.6 Å². The Balaban J connectivity index is 2.12. The Bertz CT molecular complexity index is 676. The van der Waals surface area contributed by atoms with Crippen molar-refractivity contribution in [3.8, 4) is 0 Å². The molecule has 0 bridgehead atoms. The Kier molecular flexibility index (Phi) is 3.68. The van der Waals surface area contributed by atoms with Crippen molar-refractivity contribution in [3.63, 3.8) is 0 Å². The normalized spacial score (nSPS) is 23.0. The smallest absolute Gasteiger partial charge is 0.368 e. The highest BCUT2D eigenvalue weighted by atomic mass is 19.4. The molecule has 22 heavy (non-hydrogen) atoms. The molecule has 2 atom stereocenters. The van der Waals surface area contributed by atoms with E-state index in [1.165, 1.54) is 18.5 Å². The lowest BCUT2D eigenvalue weighted by Crippen LogP contribution is -2.46. The fraction of sp³-hybridized carbons (Fsp3) is 0.467. The first kappa shape index (κ1) is 15.0. The number of nitrogens with two attached hydrogens (primary N) is 1. The summed E-state index contributed by atoms with van der Waals surface area (Å²) in [6, 6.07) is 2.57. The summed E-state index contributed by atoms with van der Waals surface area (Å²) in [5.74, 6) is 0.387. The molecule has 2 heterocycles. The van der Waals surface area contributed by atoms with Crippen LogP contribution in [-0.4, -0.2) is 29.1 Å². The first-order chi connectivity index (χ1) is 10.4. The molecule has 2 N–H and O–H groups in total. The van der Waals surface area contributed by atoms with Crippen LogP contribution in [0.2, 0.25) is 0 Å². The first-order valence-corrected chi connectivity index (χ1v) is 7.17. The molecular weight excluding hydrogens is 293 g/mol. The lowest BCUT2D eigenvalue weighted by atomic mass is 9.95. The summed E-state index contributed by atoms with van der Waals surface area (Å²) < 4.78 is 39.3. The van der Waals surface area contributed by atoms with Gasteiger partial charge in [0.1, 0.15) is 11.0 Å². The van der Waals surface area contributed by atoms with E-state index in [2.05, 4.69) is 16.9 Å². The Morgan fingerprint density at radius 1 is 1.14 bits per heavy atom. The largest absolute Gasteiger partial charge is 0.418 e. The molecule has 0 saturated carbocycles. The molecule has 1 aromatic heterocycles. The minimum absolute atomic E-state index is 0.0118. The summed E-state index contributed by atoms with van der Waals surface area (Å²) in [7, 11) is 0. The number of piperidine rings is 1. The van der Waals surface area contributed by atoms with Crippen molar-refractivity contribution in [2.75, 3.05) is 18.0 Å². The number of halogens is 3. The van der Waals surface area contributed by atoms with Gasteiger partial charge in [-0.2, -0.15) is 13.2 Å². The third-order valence-electron chi connectivity index (χ3n) is 3.94. The second-order valence-electron chi connectivity index (χ2n) is 5.89. The average molecular weight is 310 g/mol. The highest BCUT2D eigenvalue weighted by Gasteiger charge is 2.35. The van der Waals surface area contributed by atoms with Crippen LogP contribution in [0.5, 0.6) is 0 Å². The van der Waals surface area contributed by atoms with Gasteiger partial charge in [0.25, 0.3) is 0 Å². The summed E-state index contributed by atoms with van der Waals surface area (Å²) in [5, 5.41) is 0. The number of hydrogen-bond acceptors (Lipinski definition) is 4. The fourth-order valence-electron chi connectivity index (χ4n) is 3.12. The van der Waals surface area contributed by atoms with Gasteiger partial charge in [-0.1, -0.05) is 6.92 Å². The molecule has 0 spiro atoms. The van der Waals surface area contributed by atoms with Crippen LogP contribution in [0, 0.1) is 5.92 Å². The van der Waals surface area contributed by atoms with Crippen LogP contribution in [0.3, 0.4) is 0 Å². The number of benzene rings is 1. The number of hydrogen-bond donors (Lipinski definition) is 1. The van der Waals surface area contributed by atoms with Crippen LogP contribution in [0.25, 0.3) is 11.0 Å². The van der Waals surface area contributed by atoms with Crippen LogP contribution in [0.15, 0.2) is 24.5 Å². The van der Waals surface area contributed by atoms with Gasteiger partial charge in [0.2, 0.25) is 0 Å². The lowest BCUT2D eigenvalue weighted by Gasteiger charge is -2.36. The van der Waals surface area contributed by atoms with Crippen LogP contribution in [0.1, 0.15) is 18.9 Å². The zero-order chi connectivity index (χ0) is 15.9. The molecule has 0 aliphatic carbocycles. The summed E-state index contributed by atoms with van der Waals surface area (Å²) in [6.07, 6.45) is -0.829. The van der Waals surface area contributed by atoms with Crippen molar-refractivity contribution in [2.24, 2.45) is 11.7 Å². The van der Waals surface area contributed by atoms with Gasteiger partial charge in [0.15, 0.2) is 0 Å². The molecule has 2 aromatic rings. The number of rotatable bonds is 1. The number of alkyl halides is 3. The molecule has 0 amide bonds. The predicted molar refractivity (Wildman–Crippen MR) is 78.5 cm³/mol. The van der Waals surface area contributed by atoms with E-state index in [-0.39, 0.29) is 17.1 Å². The number of fused-ring (bicyclic) bond motifs is 1. The number of anilines is 1. The maximum absolute atomic E-state index is 13.1. The first-order valence-electron chi connectivity index (χ1n) is 7.17. The van der Waals surface area contributed by atoms with E-state index < -0.39 is 11.7 Å². The highest BCUT2D eigenvalue weighted by Crippen LogP contribution is 2.37. The van der Waals surface area contributed by atoms with Crippen molar-refractivity contribution in [2.45, 2.75) is 25.6 Å². The summed E-state index contributed by atoms with van der Waals surface area (Å²) in [6.45, 7) is 3.45. The fourth-order valence-corrected chi connectivity index (χ4v) is 3.12. The van der Waals surface area contributed by atoms with Crippen molar-refractivity contribution in [1.29, 1.82) is 0 Å². The SMILES string of the molecule is C[C@@H]1C[C@H](N)CN(c2ccc(C(F)(F)F)c3nccnc23)C1. The third kappa shape index (κ3) is 2.72. The Hall–Kier alpha value is -1.89. The van der Waals surface area contributed by atoms with Gasteiger partial charge in [-0.3, -0.25) is 9.97 Å². The van der Waals surface area contributed by atoms with Crippen molar-refractivity contribution < 1.29 is 13.2 Å². The Labute approximate surface area is 126 Å². The van der Waals surface area contributed by atoms with Gasteiger partial charge in [0.05, 0.1) is 11.3 Å². The molecule has 7 heteroatoms. The van der Waals surface area contributed by atoms with Gasteiger partial charge in [-0.15, -0.1) is 0 Å². The predicted octanol–water partition coefficient (Wildman–Crippen LogP) is 2.82.